The van der Waals surface area contributed by atoms with Crippen molar-refractivity contribution < 1.29 is 19.4 Å². The maximum atomic E-state index is 12.3. The van der Waals surface area contributed by atoms with E-state index in [0.717, 1.165) is 17.3 Å². The van der Waals surface area contributed by atoms with E-state index in [0.29, 0.717) is 23.3 Å². The highest BCUT2D eigenvalue weighted by Gasteiger charge is 2.34. The van der Waals surface area contributed by atoms with Gasteiger partial charge in [0.15, 0.2) is 0 Å². The number of phenols is 1. The van der Waals surface area contributed by atoms with Crippen LogP contribution in [0.15, 0.2) is 33.9 Å². The third-order valence-corrected chi connectivity index (χ3v) is 4.13. The van der Waals surface area contributed by atoms with Gasteiger partial charge in [0.1, 0.15) is 5.75 Å². The fraction of sp³-hybridized carbons (Fsp3) is 0.375. The maximum Gasteiger partial charge on any atom is 0.337 e. The second kappa shape index (κ2) is 7.50. The molecule has 0 aromatic heterocycles. The average Bonchev–Trinajstić information content (AvgIpc) is 2.53. The van der Waals surface area contributed by atoms with Crippen molar-refractivity contribution in [1.29, 1.82) is 0 Å². The molecule has 0 saturated carbocycles. The van der Waals surface area contributed by atoms with Gasteiger partial charge in [0.25, 0.3) is 0 Å². The number of rotatable bonds is 5. The lowest BCUT2D eigenvalue weighted by Gasteiger charge is -2.29. The van der Waals surface area contributed by atoms with Crippen molar-refractivity contribution in [1.82, 2.24) is 10.6 Å². The Hall–Kier alpha value is -2.02. The molecule has 124 valence electrons. The number of hydrogen-bond donors (Lipinski definition) is 3. The van der Waals surface area contributed by atoms with Crippen LogP contribution in [-0.4, -0.2) is 24.2 Å². The van der Waals surface area contributed by atoms with Crippen molar-refractivity contribution in [3.8, 4) is 5.75 Å². The smallest absolute Gasteiger partial charge is 0.337 e. The average molecular weight is 383 g/mol. The van der Waals surface area contributed by atoms with E-state index in [2.05, 4.69) is 26.6 Å². The zero-order valence-electron chi connectivity index (χ0n) is 13.0. The molecule has 1 aliphatic rings. The number of halogens is 1. The molecule has 2 amide bonds. The number of aromatic hydroxyl groups is 1. The molecule has 7 heteroatoms. The minimum absolute atomic E-state index is 0.00311. The van der Waals surface area contributed by atoms with Crippen LogP contribution >= 0.6 is 15.9 Å². The van der Waals surface area contributed by atoms with Gasteiger partial charge in [-0.1, -0.05) is 29.3 Å². The number of hydrogen-bond acceptors (Lipinski definition) is 4. The molecule has 23 heavy (non-hydrogen) atoms. The van der Waals surface area contributed by atoms with Gasteiger partial charge < -0.3 is 20.5 Å². The van der Waals surface area contributed by atoms with E-state index in [1.165, 1.54) is 13.2 Å². The predicted molar refractivity (Wildman–Crippen MR) is 88.8 cm³/mol. The highest BCUT2D eigenvalue weighted by Crippen LogP contribution is 2.35. The van der Waals surface area contributed by atoms with E-state index < -0.39 is 18.0 Å². The number of ether oxygens (including phenoxy) is 1. The first kappa shape index (κ1) is 17.3. The van der Waals surface area contributed by atoms with E-state index in [1.54, 1.807) is 12.1 Å². The van der Waals surface area contributed by atoms with Crippen LogP contribution in [0.3, 0.4) is 0 Å². The fourth-order valence-corrected chi connectivity index (χ4v) is 2.89. The Morgan fingerprint density at radius 1 is 1.43 bits per heavy atom. The van der Waals surface area contributed by atoms with Gasteiger partial charge in [-0.25, -0.2) is 9.59 Å². The summed E-state index contributed by atoms with van der Waals surface area (Å²) in [6, 6.07) is 3.69. The standard InChI is InChI=1S/C16H19BrN2O4/c1-3-4-5-11-13(15(21)23-2)14(19-16(22)18-11)10-8-9(17)6-7-12(10)20/h6-8,14,20H,3-5H2,1-2H3,(H2,18,19,22). The van der Waals surface area contributed by atoms with Gasteiger partial charge in [0, 0.05) is 15.7 Å². The van der Waals surface area contributed by atoms with E-state index in [4.69, 9.17) is 4.74 Å². The number of nitrogens with one attached hydrogen (secondary N) is 2. The second-order valence-electron chi connectivity index (χ2n) is 5.22. The van der Waals surface area contributed by atoms with Crippen LogP contribution in [0.4, 0.5) is 4.79 Å². The molecule has 6 nitrogen and oxygen atoms in total. The molecule has 3 N–H and O–H groups in total. The molecule has 1 aromatic carbocycles. The third-order valence-electron chi connectivity index (χ3n) is 3.64. The van der Waals surface area contributed by atoms with E-state index in [9.17, 15) is 14.7 Å². The summed E-state index contributed by atoms with van der Waals surface area (Å²) in [6.07, 6.45) is 2.31. The van der Waals surface area contributed by atoms with E-state index in [1.807, 2.05) is 6.92 Å². The van der Waals surface area contributed by atoms with Crippen LogP contribution in [0.5, 0.6) is 5.75 Å². The molecule has 0 aliphatic carbocycles. The zero-order valence-corrected chi connectivity index (χ0v) is 14.6. The first-order valence-corrected chi connectivity index (χ1v) is 8.14. The molecular formula is C16H19BrN2O4. The SMILES string of the molecule is CCCCC1=C(C(=O)OC)C(c2cc(Br)ccc2O)NC(=O)N1. The first-order valence-electron chi connectivity index (χ1n) is 7.35. The Bertz CT molecular complexity index is 657. The predicted octanol–water partition coefficient (Wildman–Crippen LogP) is 3.13. The number of carbonyl (C=O) groups is 2. The highest BCUT2D eigenvalue weighted by molar-refractivity contribution is 9.10. The van der Waals surface area contributed by atoms with Gasteiger partial charge in [-0.15, -0.1) is 0 Å². The number of allylic oxidation sites excluding steroid dienone is 1. The first-order chi connectivity index (χ1) is 11.0. The van der Waals surface area contributed by atoms with Gasteiger partial charge in [-0.05, 0) is 31.0 Å². The number of unbranched alkanes of at least 4 members (excludes halogenated alkanes) is 1. The Balaban J connectivity index is 2.55. The molecule has 2 rings (SSSR count). The number of benzene rings is 1. The normalized spacial score (nSPS) is 17.5. The van der Waals surface area contributed by atoms with Gasteiger partial charge in [-0.2, -0.15) is 0 Å². The van der Waals surface area contributed by atoms with Crippen molar-refractivity contribution in [2.45, 2.75) is 32.2 Å². The van der Waals surface area contributed by atoms with Crippen LogP contribution in [-0.2, 0) is 9.53 Å². The number of carbonyl (C=O) groups excluding carboxylic acids is 2. The van der Waals surface area contributed by atoms with Crippen molar-refractivity contribution in [3.05, 3.63) is 39.5 Å². The fourth-order valence-electron chi connectivity index (χ4n) is 2.51. The van der Waals surface area contributed by atoms with Crippen molar-refractivity contribution in [2.24, 2.45) is 0 Å². The molecule has 0 saturated heterocycles. The van der Waals surface area contributed by atoms with Gasteiger partial charge in [0.2, 0.25) is 0 Å². The molecule has 0 spiro atoms. The van der Waals surface area contributed by atoms with Gasteiger partial charge in [0.05, 0.1) is 18.7 Å². The maximum absolute atomic E-state index is 12.3. The Labute approximate surface area is 143 Å². The lowest BCUT2D eigenvalue weighted by atomic mass is 9.93. The van der Waals surface area contributed by atoms with Crippen LogP contribution in [0, 0.1) is 0 Å². The largest absolute Gasteiger partial charge is 0.508 e. The van der Waals surface area contributed by atoms with Crippen molar-refractivity contribution in [3.63, 3.8) is 0 Å². The molecule has 1 heterocycles. The Morgan fingerprint density at radius 2 is 2.17 bits per heavy atom. The molecule has 0 fully saturated rings. The molecule has 1 aromatic rings. The van der Waals surface area contributed by atoms with Crippen LogP contribution in [0.25, 0.3) is 0 Å². The minimum Gasteiger partial charge on any atom is -0.508 e. The number of esters is 1. The molecule has 0 bridgehead atoms. The van der Waals surface area contributed by atoms with Crippen molar-refractivity contribution in [2.75, 3.05) is 7.11 Å². The summed E-state index contributed by atoms with van der Waals surface area (Å²) in [5.74, 6) is -0.537. The summed E-state index contributed by atoms with van der Waals surface area (Å²) in [7, 11) is 1.29. The minimum atomic E-state index is -0.763. The zero-order chi connectivity index (χ0) is 17.0. The second-order valence-corrected chi connectivity index (χ2v) is 6.14. The summed E-state index contributed by atoms with van der Waals surface area (Å²) in [5.41, 5.74) is 1.28. The lowest BCUT2D eigenvalue weighted by Crippen LogP contribution is -2.45. The summed E-state index contributed by atoms with van der Waals surface area (Å²) in [5, 5.41) is 15.5. The molecule has 1 atom stereocenters. The molecular weight excluding hydrogens is 364 g/mol. The van der Waals surface area contributed by atoms with E-state index in [-0.39, 0.29) is 5.75 Å². The number of methoxy groups -OCH3 is 1. The molecule has 0 radical (unpaired) electrons. The number of amides is 2. The summed E-state index contributed by atoms with van der Waals surface area (Å²) in [4.78, 5) is 24.2. The molecule has 1 unspecified atom stereocenters. The van der Waals surface area contributed by atoms with Crippen LogP contribution in [0.1, 0.15) is 37.8 Å². The van der Waals surface area contributed by atoms with Crippen LogP contribution in [0.2, 0.25) is 0 Å². The lowest BCUT2D eigenvalue weighted by molar-refractivity contribution is -0.136. The van der Waals surface area contributed by atoms with Gasteiger partial charge >= 0.3 is 12.0 Å². The summed E-state index contributed by atoms with van der Waals surface area (Å²) < 4.78 is 5.61. The topological polar surface area (TPSA) is 87.7 Å². The summed E-state index contributed by atoms with van der Waals surface area (Å²) >= 11 is 3.34. The van der Waals surface area contributed by atoms with Crippen molar-refractivity contribution >= 4 is 27.9 Å². The van der Waals surface area contributed by atoms with Gasteiger partial charge in [-0.3, -0.25) is 0 Å². The summed E-state index contributed by atoms with van der Waals surface area (Å²) in [6.45, 7) is 2.03. The third kappa shape index (κ3) is 3.85. The Morgan fingerprint density at radius 3 is 2.83 bits per heavy atom. The van der Waals surface area contributed by atoms with Crippen LogP contribution < -0.4 is 10.6 Å². The number of urea groups is 1. The monoisotopic (exact) mass is 382 g/mol. The highest BCUT2D eigenvalue weighted by atomic mass is 79.9. The molecule has 1 aliphatic heterocycles. The quantitative estimate of drug-likeness (QED) is 0.682. The Kier molecular flexibility index (Phi) is 5.65. The number of phenolic OH excluding ortho intramolecular Hbond substituents is 1. The van der Waals surface area contributed by atoms with E-state index >= 15 is 0 Å².